The van der Waals surface area contributed by atoms with E-state index in [1.807, 2.05) is 19.1 Å². The van der Waals surface area contributed by atoms with Gasteiger partial charge >= 0.3 is 0 Å². The first-order valence-corrected chi connectivity index (χ1v) is 6.27. The van der Waals surface area contributed by atoms with Crippen molar-refractivity contribution in [2.24, 2.45) is 0 Å². The minimum absolute atomic E-state index is 0.283. The summed E-state index contributed by atoms with van der Waals surface area (Å²) >= 11 is 6.01. The Morgan fingerprint density at radius 2 is 2.05 bits per heavy atom. The van der Waals surface area contributed by atoms with Gasteiger partial charge in [-0.05, 0) is 30.2 Å². The molecule has 2 aromatic rings. The number of hydrogen-bond donors (Lipinski definition) is 1. The molecule has 0 aliphatic carbocycles. The predicted octanol–water partition coefficient (Wildman–Crippen LogP) is 4.31. The van der Waals surface area contributed by atoms with E-state index in [-0.39, 0.29) is 5.69 Å². The van der Waals surface area contributed by atoms with Crippen molar-refractivity contribution in [2.45, 2.75) is 13.5 Å². The lowest BCUT2D eigenvalue weighted by molar-refractivity contribution is -0.385. The molecule has 0 atom stereocenters. The fourth-order valence-electron chi connectivity index (χ4n) is 1.73. The van der Waals surface area contributed by atoms with Crippen molar-refractivity contribution in [3.63, 3.8) is 0 Å². The van der Waals surface area contributed by atoms with Crippen LogP contribution in [0.2, 0.25) is 5.02 Å². The molecular weight excluding hydrogens is 283 g/mol. The Labute approximate surface area is 120 Å². The number of nitrogens with one attached hydrogen (secondary N) is 1. The van der Waals surface area contributed by atoms with Crippen LogP contribution in [0.25, 0.3) is 0 Å². The summed E-state index contributed by atoms with van der Waals surface area (Å²) in [7, 11) is 0. The molecule has 0 aliphatic rings. The van der Waals surface area contributed by atoms with E-state index >= 15 is 0 Å². The van der Waals surface area contributed by atoms with Gasteiger partial charge < -0.3 is 5.32 Å². The number of aryl methyl sites for hydroxylation is 1. The molecule has 0 spiro atoms. The molecule has 0 fully saturated rings. The van der Waals surface area contributed by atoms with Crippen LogP contribution < -0.4 is 5.32 Å². The van der Waals surface area contributed by atoms with Crippen LogP contribution in [0.4, 0.5) is 15.8 Å². The molecule has 0 amide bonds. The quantitative estimate of drug-likeness (QED) is 0.675. The van der Waals surface area contributed by atoms with Gasteiger partial charge in [0.25, 0.3) is 5.69 Å². The third-order valence-corrected chi connectivity index (χ3v) is 3.23. The Kier molecular flexibility index (Phi) is 4.20. The Morgan fingerprint density at radius 1 is 1.30 bits per heavy atom. The van der Waals surface area contributed by atoms with Gasteiger partial charge in [0.05, 0.1) is 11.0 Å². The average molecular weight is 295 g/mol. The second kappa shape index (κ2) is 5.88. The summed E-state index contributed by atoms with van der Waals surface area (Å²) in [6.45, 7) is 2.30. The number of halogens is 2. The molecule has 0 radical (unpaired) electrons. The zero-order valence-electron chi connectivity index (χ0n) is 10.7. The van der Waals surface area contributed by atoms with E-state index in [4.69, 9.17) is 11.6 Å². The Bertz CT molecular complexity index is 662. The highest BCUT2D eigenvalue weighted by Gasteiger charge is 2.09. The number of anilines is 1. The van der Waals surface area contributed by atoms with Crippen LogP contribution >= 0.6 is 11.6 Å². The summed E-state index contributed by atoms with van der Waals surface area (Å²) in [6.07, 6.45) is 0. The molecule has 0 saturated carbocycles. The van der Waals surface area contributed by atoms with E-state index in [1.165, 1.54) is 12.1 Å². The van der Waals surface area contributed by atoms with Gasteiger partial charge in [-0.25, -0.2) is 4.39 Å². The molecule has 104 valence electrons. The number of non-ortho nitro benzene ring substituents is 1. The van der Waals surface area contributed by atoms with Crippen molar-refractivity contribution in [1.82, 2.24) is 0 Å². The number of nitrogens with zero attached hydrogens (tertiary/aromatic N) is 1. The third kappa shape index (κ3) is 3.45. The first kappa shape index (κ1) is 14.3. The fraction of sp³-hybridized carbons (Fsp3) is 0.143. The second-order valence-corrected chi connectivity index (χ2v) is 4.80. The van der Waals surface area contributed by atoms with Gasteiger partial charge in [0.15, 0.2) is 0 Å². The summed E-state index contributed by atoms with van der Waals surface area (Å²) in [5, 5.41) is 14.2. The van der Waals surface area contributed by atoms with E-state index in [0.29, 0.717) is 17.3 Å². The molecular formula is C14H12ClFN2O2. The molecule has 1 N–H and O–H groups in total. The number of hydrogen-bond acceptors (Lipinski definition) is 3. The van der Waals surface area contributed by atoms with Crippen molar-refractivity contribution in [1.29, 1.82) is 0 Å². The van der Waals surface area contributed by atoms with Crippen molar-refractivity contribution < 1.29 is 9.31 Å². The molecule has 6 heteroatoms. The zero-order chi connectivity index (χ0) is 14.7. The molecule has 0 unspecified atom stereocenters. The van der Waals surface area contributed by atoms with Crippen molar-refractivity contribution >= 4 is 23.0 Å². The second-order valence-electron chi connectivity index (χ2n) is 4.39. The minimum atomic E-state index is -0.649. The maximum Gasteiger partial charge on any atom is 0.274 e. The van der Waals surface area contributed by atoms with E-state index < -0.39 is 10.7 Å². The highest BCUT2D eigenvalue weighted by Crippen LogP contribution is 2.21. The maximum absolute atomic E-state index is 13.3. The summed E-state index contributed by atoms with van der Waals surface area (Å²) in [5.41, 5.74) is 1.95. The van der Waals surface area contributed by atoms with E-state index in [0.717, 1.165) is 17.2 Å². The SMILES string of the molecule is Cc1ccc(CNc2cc(F)cc([N+](=O)[O-])c2)cc1Cl. The molecule has 0 heterocycles. The lowest BCUT2D eigenvalue weighted by Gasteiger charge is -2.08. The topological polar surface area (TPSA) is 55.2 Å². The van der Waals surface area contributed by atoms with Crippen LogP contribution in [0.1, 0.15) is 11.1 Å². The molecule has 4 nitrogen and oxygen atoms in total. The minimum Gasteiger partial charge on any atom is -0.381 e. The molecule has 0 aromatic heterocycles. The van der Waals surface area contributed by atoms with Gasteiger partial charge in [-0.3, -0.25) is 10.1 Å². The molecule has 0 aliphatic heterocycles. The molecule has 2 rings (SSSR count). The largest absolute Gasteiger partial charge is 0.381 e. The zero-order valence-corrected chi connectivity index (χ0v) is 11.4. The summed E-state index contributed by atoms with van der Waals surface area (Å²) in [4.78, 5) is 10.0. The summed E-state index contributed by atoms with van der Waals surface area (Å²) in [5.74, 6) is -0.649. The fourth-order valence-corrected chi connectivity index (χ4v) is 1.94. The first-order chi connectivity index (χ1) is 9.45. The van der Waals surface area contributed by atoms with E-state index in [9.17, 15) is 14.5 Å². The van der Waals surface area contributed by atoms with Gasteiger partial charge in [-0.2, -0.15) is 0 Å². The average Bonchev–Trinajstić information content (AvgIpc) is 2.39. The first-order valence-electron chi connectivity index (χ1n) is 5.89. The van der Waals surface area contributed by atoms with E-state index in [1.54, 1.807) is 6.07 Å². The van der Waals surface area contributed by atoms with Crippen LogP contribution in [0.3, 0.4) is 0 Å². The van der Waals surface area contributed by atoms with Crippen LogP contribution in [-0.4, -0.2) is 4.92 Å². The molecule has 2 aromatic carbocycles. The molecule has 0 bridgehead atoms. The molecule has 0 saturated heterocycles. The Balaban J connectivity index is 2.14. The van der Waals surface area contributed by atoms with Crippen molar-refractivity contribution in [3.8, 4) is 0 Å². The van der Waals surface area contributed by atoms with Gasteiger partial charge in [-0.1, -0.05) is 23.7 Å². The van der Waals surface area contributed by atoms with Gasteiger partial charge in [0.1, 0.15) is 5.82 Å². The monoisotopic (exact) mass is 294 g/mol. The highest BCUT2D eigenvalue weighted by atomic mass is 35.5. The summed E-state index contributed by atoms with van der Waals surface area (Å²) in [6, 6.07) is 8.96. The lowest BCUT2D eigenvalue weighted by Crippen LogP contribution is -2.01. The van der Waals surface area contributed by atoms with Crippen LogP contribution in [0.5, 0.6) is 0 Å². The lowest BCUT2D eigenvalue weighted by atomic mass is 10.1. The van der Waals surface area contributed by atoms with Gasteiger partial charge in [0, 0.05) is 23.3 Å². The maximum atomic E-state index is 13.3. The normalized spacial score (nSPS) is 10.3. The Hall–Kier alpha value is -2.14. The number of benzene rings is 2. The highest BCUT2D eigenvalue weighted by molar-refractivity contribution is 6.31. The van der Waals surface area contributed by atoms with Gasteiger partial charge in [0.2, 0.25) is 0 Å². The number of rotatable bonds is 4. The summed E-state index contributed by atoms with van der Waals surface area (Å²) < 4.78 is 13.3. The Morgan fingerprint density at radius 3 is 2.70 bits per heavy atom. The van der Waals surface area contributed by atoms with Crippen LogP contribution in [-0.2, 0) is 6.54 Å². The third-order valence-electron chi connectivity index (χ3n) is 2.83. The molecule has 20 heavy (non-hydrogen) atoms. The van der Waals surface area contributed by atoms with Crippen LogP contribution in [0, 0.1) is 22.9 Å². The van der Waals surface area contributed by atoms with E-state index in [2.05, 4.69) is 5.32 Å². The van der Waals surface area contributed by atoms with Crippen molar-refractivity contribution in [3.05, 3.63) is 68.5 Å². The van der Waals surface area contributed by atoms with Gasteiger partial charge in [-0.15, -0.1) is 0 Å². The number of nitro groups is 1. The standard InChI is InChI=1S/C14H12ClFN2O2/c1-9-2-3-10(4-14(9)15)8-17-12-5-11(16)6-13(7-12)18(19)20/h2-7,17H,8H2,1H3. The number of nitro benzene ring substituents is 1. The predicted molar refractivity (Wildman–Crippen MR) is 76.6 cm³/mol. The smallest absolute Gasteiger partial charge is 0.274 e. The van der Waals surface area contributed by atoms with Crippen LogP contribution in [0.15, 0.2) is 36.4 Å². The van der Waals surface area contributed by atoms with Crippen molar-refractivity contribution in [2.75, 3.05) is 5.32 Å².